The number of aromatic nitrogens is 3. The number of hydrogen-bond acceptors (Lipinski definition) is 4. The van der Waals surface area contributed by atoms with Gasteiger partial charge in [-0.15, -0.1) is 22.0 Å². The molecule has 1 aromatic carbocycles. The molecule has 6 nitrogen and oxygen atoms in total. The van der Waals surface area contributed by atoms with Crippen molar-refractivity contribution in [1.82, 2.24) is 25.4 Å². The number of guanidine groups is 1. The van der Waals surface area contributed by atoms with Crippen LogP contribution >= 0.6 is 11.8 Å². The monoisotopic (exact) mass is 358 g/mol. The highest BCUT2D eigenvalue weighted by molar-refractivity contribution is 7.99. The Labute approximate surface area is 153 Å². The molecule has 0 bridgehead atoms. The van der Waals surface area contributed by atoms with Crippen LogP contribution in [0.5, 0.6) is 0 Å². The predicted molar refractivity (Wildman–Crippen MR) is 103 cm³/mol. The molecule has 2 N–H and O–H groups in total. The van der Waals surface area contributed by atoms with Crippen molar-refractivity contribution in [2.75, 3.05) is 19.3 Å². The van der Waals surface area contributed by atoms with Crippen molar-refractivity contribution in [3.63, 3.8) is 0 Å². The molecule has 0 spiro atoms. The van der Waals surface area contributed by atoms with E-state index in [4.69, 9.17) is 0 Å². The molecule has 1 aromatic heterocycles. The van der Waals surface area contributed by atoms with Gasteiger partial charge in [0.1, 0.15) is 5.82 Å². The molecule has 2 heterocycles. The Kier molecular flexibility index (Phi) is 6.73. The van der Waals surface area contributed by atoms with Gasteiger partial charge in [0.05, 0.1) is 6.54 Å². The van der Waals surface area contributed by atoms with E-state index in [2.05, 4.69) is 54.7 Å². The van der Waals surface area contributed by atoms with Gasteiger partial charge in [0.15, 0.2) is 11.8 Å². The third-order valence-corrected chi connectivity index (χ3v) is 5.24. The van der Waals surface area contributed by atoms with Crippen LogP contribution in [0.4, 0.5) is 0 Å². The molecule has 0 saturated heterocycles. The first kappa shape index (κ1) is 17.8. The minimum Gasteiger partial charge on any atom is -0.356 e. The van der Waals surface area contributed by atoms with Crippen LogP contribution in [0.25, 0.3) is 0 Å². The number of hydrogen-bond donors (Lipinski definition) is 2. The van der Waals surface area contributed by atoms with Crippen LogP contribution in [0.1, 0.15) is 30.9 Å². The molecular formula is C18H26N6S. The molecule has 3 rings (SSSR count). The molecule has 134 valence electrons. The lowest BCUT2D eigenvalue weighted by atomic mass is 10.2. The minimum atomic E-state index is 0.651. The molecule has 7 heteroatoms. The summed E-state index contributed by atoms with van der Waals surface area (Å²) in [7, 11) is 1.80. The second kappa shape index (κ2) is 9.46. The van der Waals surface area contributed by atoms with Crippen LogP contribution in [0.2, 0.25) is 0 Å². The van der Waals surface area contributed by atoms with Crippen LogP contribution in [0, 0.1) is 0 Å². The summed E-state index contributed by atoms with van der Waals surface area (Å²) in [5.74, 6) is 3.92. The van der Waals surface area contributed by atoms with Gasteiger partial charge in [-0.2, -0.15) is 0 Å². The fourth-order valence-electron chi connectivity index (χ4n) is 2.91. The number of thioether (sulfide) groups is 1. The fraction of sp³-hybridized carbons (Fsp3) is 0.500. The second-order valence-electron chi connectivity index (χ2n) is 6.01. The molecule has 2 aromatic rings. The van der Waals surface area contributed by atoms with E-state index in [1.807, 2.05) is 17.8 Å². The maximum Gasteiger partial charge on any atom is 0.191 e. The van der Waals surface area contributed by atoms with Crippen LogP contribution in [-0.4, -0.2) is 40.1 Å². The van der Waals surface area contributed by atoms with Gasteiger partial charge in [0.25, 0.3) is 0 Å². The molecule has 0 atom stereocenters. The topological polar surface area (TPSA) is 67.1 Å². The first-order chi connectivity index (χ1) is 12.4. The van der Waals surface area contributed by atoms with E-state index in [1.165, 1.54) is 24.2 Å². The first-order valence-corrected chi connectivity index (χ1v) is 9.88. The molecule has 0 amide bonds. The van der Waals surface area contributed by atoms with Crippen LogP contribution < -0.4 is 10.6 Å². The predicted octanol–water partition coefficient (Wildman–Crippen LogP) is 2.46. The van der Waals surface area contributed by atoms with Crippen molar-refractivity contribution < 1.29 is 0 Å². The summed E-state index contributed by atoms with van der Waals surface area (Å²) < 4.78 is 2.26. The van der Waals surface area contributed by atoms with Gasteiger partial charge >= 0.3 is 0 Å². The first-order valence-electron chi connectivity index (χ1n) is 8.90. The largest absolute Gasteiger partial charge is 0.356 e. The van der Waals surface area contributed by atoms with Crippen molar-refractivity contribution >= 4 is 17.7 Å². The summed E-state index contributed by atoms with van der Waals surface area (Å²) in [5.41, 5.74) is 0. The van der Waals surface area contributed by atoms with E-state index < -0.39 is 0 Å². The van der Waals surface area contributed by atoms with Gasteiger partial charge in [-0.1, -0.05) is 24.6 Å². The Hall–Kier alpha value is -2.02. The Morgan fingerprint density at radius 3 is 2.88 bits per heavy atom. The SMILES string of the molecule is CN=C(NCCSc1ccccc1)NCc1nnc2n1CCCCC2. The Morgan fingerprint density at radius 2 is 2.04 bits per heavy atom. The number of rotatable bonds is 6. The number of aryl methyl sites for hydroxylation is 1. The van der Waals surface area contributed by atoms with E-state index in [1.54, 1.807) is 7.05 Å². The number of aliphatic imine (C=N–C) groups is 1. The molecule has 0 aliphatic carbocycles. The van der Waals surface area contributed by atoms with Gasteiger partial charge in [0.2, 0.25) is 0 Å². The highest BCUT2D eigenvalue weighted by Gasteiger charge is 2.14. The van der Waals surface area contributed by atoms with Gasteiger partial charge in [-0.3, -0.25) is 4.99 Å². The van der Waals surface area contributed by atoms with E-state index in [-0.39, 0.29) is 0 Å². The molecule has 0 radical (unpaired) electrons. The van der Waals surface area contributed by atoms with Crippen molar-refractivity contribution in [3.8, 4) is 0 Å². The van der Waals surface area contributed by atoms with Crippen molar-refractivity contribution in [2.45, 2.75) is 43.7 Å². The Morgan fingerprint density at radius 1 is 1.16 bits per heavy atom. The molecular weight excluding hydrogens is 332 g/mol. The zero-order chi connectivity index (χ0) is 17.3. The average Bonchev–Trinajstić information content (AvgIpc) is 2.88. The lowest BCUT2D eigenvalue weighted by Crippen LogP contribution is -2.38. The molecule has 1 aliphatic heterocycles. The number of nitrogens with one attached hydrogen (secondary N) is 2. The third-order valence-electron chi connectivity index (χ3n) is 4.23. The lowest BCUT2D eigenvalue weighted by molar-refractivity contribution is 0.597. The molecule has 0 unspecified atom stereocenters. The molecule has 0 saturated carbocycles. The minimum absolute atomic E-state index is 0.651. The van der Waals surface area contributed by atoms with Crippen LogP contribution in [0.3, 0.4) is 0 Å². The smallest absolute Gasteiger partial charge is 0.191 e. The fourth-order valence-corrected chi connectivity index (χ4v) is 3.70. The highest BCUT2D eigenvalue weighted by atomic mass is 32.2. The summed E-state index contributed by atoms with van der Waals surface area (Å²) in [5, 5.41) is 15.4. The standard InChI is InChI=1S/C18H26N6S/c1-19-18(20-11-13-25-15-8-4-2-5-9-15)21-14-17-23-22-16-10-6-3-7-12-24(16)17/h2,4-5,8-9H,3,6-7,10-14H2,1H3,(H2,19,20,21). The van der Waals surface area contributed by atoms with E-state index >= 15 is 0 Å². The average molecular weight is 359 g/mol. The van der Waals surface area contributed by atoms with Crippen LogP contribution in [-0.2, 0) is 19.5 Å². The maximum atomic E-state index is 4.35. The van der Waals surface area contributed by atoms with Crippen LogP contribution in [0.15, 0.2) is 40.2 Å². The number of nitrogens with zero attached hydrogens (tertiary/aromatic N) is 4. The van der Waals surface area contributed by atoms with Gasteiger partial charge in [0, 0.05) is 37.2 Å². The quantitative estimate of drug-likeness (QED) is 0.359. The summed E-state index contributed by atoms with van der Waals surface area (Å²) in [6, 6.07) is 10.4. The van der Waals surface area contributed by atoms with E-state index in [9.17, 15) is 0 Å². The maximum absolute atomic E-state index is 4.35. The van der Waals surface area contributed by atoms with Crippen molar-refractivity contribution in [3.05, 3.63) is 42.0 Å². The van der Waals surface area contributed by atoms with E-state index in [0.29, 0.717) is 6.54 Å². The summed E-state index contributed by atoms with van der Waals surface area (Å²) >= 11 is 1.84. The molecule has 25 heavy (non-hydrogen) atoms. The second-order valence-corrected chi connectivity index (χ2v) is 7.18. The van der Waals surface area contributed by atoms with Gasteiger partial charge in [-0.05, 0) is 25.0 Å². The zero-order valence-corrected chi connectivity index (χ0v) is 15.6. The van der Waals surface area contributed by atoms with E-state index in [0.717, 1.165) is 42.9 Å². The summed E-state index contributed by atoms with van der Waals surface area (Å²) in [6.45, 7) is 2.54. The van der Waals surface area contributed by atoms with Crippen molar-refractivity contribution in [1.29, 1.82) is 0 Å². The number of fused-ring (bicyclic) bond motifs is 1. The Balaban J connectivity index is 1.43. The summed E-state index contributed by atoms with van der Waals surface area (Å²) in [4.78, 5) is 5.58. The molecule has 1 aliphatic rings. The normalized spacial score (nSPS) is 14.7. The highest BCUT2D eigenvalue weighted by Crippen LogP contribution is 2.16. The van der Waals surface area contributed by atoms with Gasteiger partial charge in [-0.25, -0.2) is 0 Å². The number of benzene rings is 1. The van der Waals surface area contributed by atoms with Crippen molar-refractivity contribution in [2.24, 2.45) is 4.99 Å². The summed E-state index contributed by atoms with van der Waals surface area (Å²) in [6.07, 6.45) is 4.74. The van der Waals surface area contributed by atoms with Gasteiger partial charge < -0.3 is 15.2 Å². The third kappa shape index (κ3) is 5.22. The zero-order valence-electron chi connectivity index (χ0n) is 14.7. The Bertz CT molecular complexity index is 682. The molecule has 0 fully saturated rings. The lowest BCUT2D eigenvalue weighted by Gasteiger charge is -2.12.